The van der Waals surface area contributed by atoms with E-state index in [0.29, 0.717) is 23.7 Å². The molecule has 0 heterocycles. The molecule has 0 fully saturated rings. The van der Waals surface area contributed by atoms with Crippen molar-refractivity contribution in [1.29, 1.82) is 0 Å². The van der Waals surface area contributed by atoms with Gasteiger partial charge in [-0.2, -0.15) is 4.31 Å². The molecule has 0 aromatic heterocycles. The van der Waals surface area contributed by atoms with E-state index in [2.05, 4.69) is 5.32 Å². The molecule has 1 amide bonds. The Kier molecular flexibility index (Phi) is 7.46. The van der Waals surface area contributed by atoms with Crippen LogP contribution in [0.4, 0.5) is 5.69 Å². The molecule has 0 saturated carbocycles. The lowest BCUT2D eigenvalue weighted by atomic mass is 10.2. The van der Waals surface area contributed by atoms with E-state index < -0.39 is 15.9 Å². The third kappa shape index (κ3) is 6.34. The van der Waals surface area contributed by atoms with E-state index >= 15 is 0 Å². The molecule has 1 aromatic rings. The van der Waals surface area contributed by atoms with Gasteiger partial charge in [-0.25, -0.2) is 8.42 Å². The first-order valence-corrected chi connectivity index (χ1v) is 9.14. The summed E-state index contributed by atoms with van der Waals surface area (Å²) in [5.74, 6) is 0.591. The van der Waals surface area contributed by atoms with Crippen molar-refractivity contribution in [2.75, 3.05) is 59.5 Å². The maximum atomic E-state index is 12.2. The topological polar surface area (TPSA) is 88.2 Å². The number of benzene rings is 1. The van der Waals surface area contributed by atoms with Crippen LogP contribution in [0.5, 0.6) is 11.5 Å². The van der Waals surface area contributed by atoms with Gasteiger partial charge in [0.15, 0.2) is 11.5 Å². The summed E-state index contributed by atoms with van der Waals surface area (Å²) >= 11 is 0. The first-order chi connectivity index (χ1) is 11.2. The zero-order valence-electron chi connectivity index (χ0n) is 14.7. The van der Waals surface area contributed by atoms with Crippen LogP contribution in [-0.4, -0.2) is 77.7 Å². The van der Waals surface area contributed by atoms with Gasteiger partial charge in [0.2, 0.25) is 15.9 Å². The van der Waals surface area contributed by atoms with Gasteiger partial charge in [0.25, 0.3) is 0 Å². The maximum Gasteiger partial charge on any atom is 0.239 e. The van der Waals surface area contributed by atoms with Gasteiger partial charge < -0.3 is 19.7 Å². The van der Waals surface area contributed by atoms with Crippen LogP contribution in [0.3, 0.4) is 0 Å². The highest BCUT2D eigenvalue weighted by molar-refractivity contribution is 7.88. The minimum absolute atomic E-state index is 0.241. The molecule has 0 aliphatic rings. The highest BCUT2D eigenvalue weighted by atomic mass is 32.2. The summed E-state index contributed by atoms with van der Waals surface area (Å²) in [6, 6.07) is 4.93. The van der Waals surface area contributed by atoms with Crippen LogP contribution in [0.2, 0.25) is 0 Å². The molecule has 0 atom stereocenters. The number of hydrogen-bond acceptors (Lipinski definition) is 6. The van der Waals surface area contributed by atoms with Crippen molar-refractivity contribution in [1.82, 2.24) is 9.21 Å². The fourth-order valence-corrected chi connectivity index (χ4v) is 2.71. The summed E-state index contributed by atoms with van der Waals surface area (Å²) in [7, 11) is 3.22. The van der Waals surface area contributed by atoms with Gasteiger partial charge in [-0.1, -0.05) is 0 Å². The van der Waals surface area contributed by atoms with E-state index in [0.717, 1.165) is 10.6 Å². The van der Waals surface area contributed by atoms with Gasteiger partial charge >= 0.3 is 0 Å². The fraction of sp³-hybridized carbons (Fsp3) is 0.533. The average molecular weight is 359 g/mol. The molecule has 0 aliphatic carbocycles. The number of rotatable bonds is 9. The van der Waals surface area contributed by atoms with E-state index in [9.17, 15) is 13.2 Å². The van der Waals surface area contributed by atoms with E-state index in [4.69, 9.17) is 9.47 Å². The zero-order chi connectivity index (χ0) is 18.3. The van der Waals surface area contributed by atoms with Crippen molar-refractivity contribution in [3.05, 3.63) is 18.2 Å². The van der Waals surface area contributed by atoms with Crippen molar-refractivity contribution in [3.8, 4) is 11.5 Å². The molecule has 1 aromatic carbocycles. The Hall–Kier alpha value is -1.84. The number of amides is 1. The van der Waals surface area contributed by atoms with Gasteiger partial charge in [0.05, 0.1) is 27.0 Å². The number of methoxy groups -OCH3 is 2. The summed E-state index contributed by atoms with van der Waals surface area (Å²) in [6.45, 7) is 0.517. The van der Waals surface area contributed by atoms with Crippen LogP contribution < -0.4 is 14.8 Å². The minimum Gasteiger partial charge on any atom is -0.493 e. The monoisotopic (exact) mass is 359 g/mol. The Labute approximate surface area is 143 Å². The largest absolute Gasteiger partial charge is 0.493 e. The van der Waals surface area contributed by atoms with Gasteiger partial charge in [-0.05, 0) is 26.2 Å². The quantitative estimate of drug-likeness (QED) is 0.689. The number of likely N-dealkylation sites (N-methyl/N-ethyl adjacent to an activating group) is 1. The highest BCUT2D eigenvalue weighted by Gasteiger charge is 2.20. The lowest BCUT2D eigenvalue weighted by molar-refractivity contribution is -0.116. The molecule has 24 heavy (non-hydrogen) atoms. The van der Waals surface area contributed by atoms with Crippen LogP contribution in [0.15, 0.2) is 18.2 Å². The molecule has 1 N–H and O–H groups in total. The second-order valence-electron chi connectivity index (χ2n) is 5.52. The number of anilines is 1. The zero-order valence-corrected chi connectivity index (χ0v) is 15.5. The van der Waals surface area contributed by atoms with Gasteiger partial charge in [-0.3, -0.25) is 4.79 Å². The molecule has 0 bridgehead atoms. The molecule has 0 spiro atoms. The predicted octanol–water partition coefficient (Wildman–Crippen LogP) is 0.466. The number of carbonyl (C=O) groups excluding carboxylic acids is 1. The third-order valence-electron chi connectivity index (χ3n) is 3.25. The molecular formula is C15H25N3O5S. The van der Waals surface area contributed by atoms with Gasteiger partial charge in [0, 0.05) is 24.8 Å². The molecule has 8 nitrogen and oxygen atoms in total. The van der Waals surface area contributed by atoms with E-state index in [1.165, 1.54) is 14.2 Å². The first kappa shape index (κ1) is 20.2. The summed E-state index contributed by atoms with van der Waals surface area (Å²) in [6.07, 6.45) is 1.09. The Morgan fingerprint density at radius 2 is 1.75 bits per heavy atom. The van der Waals surface area contributed by atoms with Crippen molar-refractivity contribution < 1.29 is 22.7 Å². The molecule has 0 saturated heterocycles. The summed E-state index contributed by atoms with van der Waals surface area (Å²) < 4.78 is 35.1. The maximum absolute atomic E-state index is 12.2. The van der Waals surface area contributed by atoms with Crippen LogP contribution in [-0.2, 0) is 14.8 Å². The van der Waals surface area contributed by atoms with Crippen molar-refractivity contribution >= 4 is 21.6 Å². The second kappa shape index (κ2) is 8.86. The normalized spacial score (nSPS) is 11.6. The second-order valence-corrected chi connectivity index (χ2v) is 7.50. The smallest absolute Gasteiger partial charge is 0.239 e. The van der Waals surface area contributed by atoms with Gasteiger partial charge in [-0.15, -0.1) is 0 Å². The lowest BCUT2D eigenvalue weighted by Crippen LogP contribution is -2.41. The van der Waals surface area contributed by atoms with Crippen molar-refractivity contribution in [3.63, 3.8) is 0 Å². The Morgan fingerprint density at radius 3 is 2.25 bits per heavy atom. The molecule has 0 aliphatic heterocycles. The average Bonchev–Trinajstić information content (AvgIpc) is 2.49. The Bertz CT molecular complexity index is 661. The number of carbonyl (C=O) groups is 1. The first-order valence-electron chi connectivity index (χ1n) is 7.29. The Balaban J connectivity index is 2.78. The van der Waals surface area contributed by atoms with Crippen LogP contribution in [0.1, 0.15) is 0 Å². The van der Waals surface area contributed by atoms with Crippen LogP contribution >= 0.6 is 0 Å². The van der Waals surface area contributed by atoms with E-state index in [1.54, 1.807) is 18.2 Å². The number of sulfonamides is 1. The molecule has 0 unspecified atom stereocenters. The van der Waals surface area contributed by atoms with Crippen molar-refractivity contribution in [2.45, 2.75) is 0 Å². The standard InChI is InChI=1S/C15H25N3O5S/c1-17(2)8-9-18(24(5,20)21)11-15(19)16-12-6-7-13(22-3)14(10-12)23-4/h6-7,10H,8-9,11H2,1-5H3,(H,16,19). The summed E-state index contributed by atoms with van der Waals surface area (Å²) in [4.78, 5) is 14.0. The number of ether oxygens (including phenoxy) is 2. The minimum atomic E-state index is -3.47. The predicted molar refractivity (Wildman–Crippen MR) is 93.1 cm³/mol. The van der Waals surface area contributed by atoms with Gasteiger partial charge in [0.1, 0.15) is 0 Å². The van der Waals surface area contributed by atoms with Crippen molar-refractivity contribution in [2.24, 2.45) is 0 Å². The fourth-order valence-electron chi connectivity index (χ4n) is 1.95. The number of nitrogens with one attached hydrogen (secondary N) is 1. The number of hydrogen-bond donors (Lipinski definition) is 1. The SMILES string of the molecule is COc1ccc(NC(=O)CN(CCN(C)C)S(C)(=O)=O)cc1OC. The molecular weight excluding hydrogens is 334 g/mol. The summed E-state index contributed by atoms with van der Waals surface area (Å²) in [5.41, 5.74) is 0.499. The molecule has 0 radical (unpaired) electrons. The molecule has 136 valence electrons. The third-order valence-corrected chi connectivity index (χ3v) is 4.50. The van der Waals surface area contributed by atoms with Crippen LogP contribution in [0.25, 0.3) is 0 Å². The summed E-state index contributed by atoms with van der Waals surface area (Å²) in [5, 5.41) is 2.66. The lowest BCUT2D eigenvalue weighted by Gasteiger charge is -2.21. The van der Waals surface area contributed by atoms with Crippen LogP contribution in [0, 0.1) is 0 Å². The molecule has 1 rings (SSSR count). The highest BCUT2D eigenvalue weighted by Crippen LogP contribution is 2.29. The van der Waals surface area contributed by atoms with E-state index in [1.807, 2.05) is 19.0 Å². The molecule has 9 heteroatoms. The Morgan fingerprint density at radius 1 is 1.12 bits per heavy atom. The number of nitrogens with zero attached hydrogens (tertiary/aromatic N) is 2. The van der Waals surface area contributed by atoms with E-state index in [-0.39, 0.29) is 13.1 Å².